The number of nitrogens with zero attached hydrogens (tertiary/aromatic N) is 1. The number of carbonyl (C=O) groups is 1. The van der Waals surface area contributed by atoms with E-state index in [0.717, 1.165) is 12.8 Å². The molecule has 0 aromatic heterocycles. The predicted octanol–water partition coefficient (Wildman–Crippen LogP) is 6.53. The number of hydroxylamine groups is 2. The summed E-state index contributed by atoms with van der Waals surface area (Å²) in [4.78, 5) is 12.2. The van der Waals surface area contributed by atoms with Gasteiger partial charge >= 0.3 is 0 Å². The van der Waals surface area contributed by atoms with Crippen molar-refractivity contribution < 1.29 is 15.2 Å². The summed E-state index contributed by atoms with van der Waals surface area (Å²) in [5.74, 6) is -0.126. The van der Waals surface area contributed by atoms with E-state index in [0.29, 0.717) is 12.8 Å². The highest BCUT2D eigenvalue weighted by Gasteiger charge is 2.26. The SMILES string of the molecule is CCCCCCCCCCCCCCCC(=O)C(CC)C(C)N(O)O. The van der Waals surface area contributed by atoms with Crippen LogP contribution in [-0.4, -0.2) is 27.5 Å². The molecule has 0 saturated carbocycles. The predicted molar refractivity (Wildman–Crippen MR) is 104 cm³/mol. The highest BCUT2D eigenvalue weighted by Crippen LogP contribution is 2.18. The molecule has 25 heavy (non-hydrogen) atoms. The van der Waals surface area contributed by atoms with E-state index in [-0.39, 0.29) is 16.9 Å². The van der Waals surface area contributed by atoms with Crippen molar-refractivity contribution in [2.45, 2.75) is 123 Å². The molecular formula is C21H43NO3. The number of hydrogen-bond donors (Lipinski definition) is 2. The molecule has 0 aliphatic heterocycles. The highest BCUT2D eigenvalue weighted by atomic mass is 16.8. The number of carbonyl (C=O) groups excluding carboxylic acids is 1. The molecule has 2 unspecified atom stereocenters. The number of rotatable bonds is 18. The van der Waals surface area contributed by atoms with Crippen LogP contribution in [0.2, 0.25) is 0 Å². The van der Waals surface area contributed by atoms with Gasteiger partial charge in [-0.2, -0.15) is 0 Å². The van der Waals surface area contributed by atoms with Gasteiger partial charge < -0.3 is 0 Å². The van der Waals surface area contributed by atoms with Gasteiger partial charge in [0, 0.05) is 12.3 Å². The smallest absolute Gasteiger partial charge is 0.137 e. The van der Waals surface area contributed by atoms with Crippen LogP contribution in [0.4, 0.5) is 0 Å². The van der Waals surface area contributed by atoms with Crippen molar-refractivity contribution in [2.24, 2.45) is 5.92 Å². The topological polar surface area (TPSA) is 60.8 Å². The maximum atomic E-state index is 12.2. The van der Waals surface area contributed by atoms with Crippen molar-refractivity contribution in [3.63, 3.8) is 0 Å². The average Bonchev–Trinajstić information content (AvgIpc) is 2.59. The zero-order valence-electron chi connectivity index (χ0n) is 17.0. The number of ketones is 1. The zero-order chi connectivity index (χ0) is 18.9. The lowest BCUT2D eigenvalue weighted by Crippen LogP contribution is -2.37. The summed E-state index contributed by atoms with van der Waals surface area (Å²) in [6, 6.07) is -0.528. The Balaban J connectivity index is 3.47. The van der Waals surface area contributed by atoms with Crippen molar-refractivity contribution in [1.29, 1.82) is 0 Å². The first-order valence-electron chi connectivity index (χ1n) is 10.7. The van der Waals surface area contributed by atoms with Crippen molar-refractivity contribution in [3.05, 3.63) is 0 Å². The van der Waals surface area contributed by atoms with Crippen LogP contribution >= 0.6 is 0 Å². The van der Waals surface area contributed by atoms with E-state index in [1.165, 1.54) is 70.6 Å². The molecule has 0 spiro atoms. The van der Waals surface area contributed by atoms with Crippen LogP contribution in [0.3, 0.4) is 0 Å². The van der Waals surface area contributed by atoms with E-state index in [2.05, 4.69) is 6.92 Å². The van der Waals surface area contributed by atoms with E-state index >= 15 is 0 Å². The minimum atomic E-state index is -0.528. The van der Waals surface area contributed by atoms with Gasteiger partial charge in [0.1, 0.15) is 5.78 Å². The fourth-order valence-electron chi connectivity index (χ4n) is 3.50. The monoisotopic (exact) mass is 357 g/mol. The zero-order valence-corrected chi connectivity index (χ0v) is 17.0. The van der Waals surface area contributed by atoms with E-state index in [1.54, 1.807) is 6.92 Å². The Hall–Kier alpha value is -0.450. The highest BCUT2D eigenvalue weighted by molar-refractivity contribution is 5.81. The maximum Gasteiger partial charge on any atom is 0.137 e. The Bertz CT molecular complexity index is 308. The molecule has 2 N–H and O–H groups in total. The Morgan fingerprint density at radius 1 is 0.760 bits per heavy atom. The number of Topliss-reactive ketones (excluding diaryl/α,β-unsaturated/α-hetero) is 1. The summed E-state index contributed by atoms with van der Waals surface area (Å²) in [6.07, 6.45) is 18.1. The molecule has 0 bridgehead atoms. The minimum Gasteiger partial charge on any atom is -0.299 e. The first-order valence-corrected chi connectivity index (χ1v) is 10.7. The molecule has 0 aliphatic carbocycles. The Morgan fingerprint density at radius 2 is 1.16 bits per heavy atom. The third-order valence-corrected chi connectivity index (χ3v) is 5.33. The molecule has 4 heteroatoms. The molecule has 0 heterocycles. The molecule has 4 nitrogen and oxygen atoms in total. The summed E-state index contributed by atoms with van der Waals surface area (Å²) in [7, 11) is 0. The lowest BCUT2D eigenvalue weighted by molar-refractivity contribution is -0.334. The van der Waals surface area contributed by atoms with Crippen LogP contribution in [0.1, 0.15) is 117 Å². The van der Waals surface area contributed by atoms with Crippen molar-refractivity contribution in [3.8, 4) is 0 Å². The molecule has 0 aliphatic rings. The Kier molecular flexibility index (Phi) is 16.7. The lowest BCUT2D eigenvalue weighted by Gasteiger charge is -2.24. The summed E-state index contributed by atoms with van der Waals surface area (Å²) in [5.41, 5.74) is 0. The van der Waals surface area contributed by atoms with Gasteiger partial charge in [0.25, 0.3) is 0 Å². The molecular weight excluding hydrogens is 314 g/mol. The molecule has 0 rings (SSSR count). The minimum absolute atomic E-state index is 0.158. The van der Waals surface area contributed by atoms with Gasteiger partial charge in [-0.25, -0.2) is 0 Å². The number of unbranched alkanes of at least 4 members (excludes halogenated alkanes) is 12. The molecule has 0 fully saturated rings. The summed E-state index contributed by atoms with van der Waals surface area (Å²) in [6.45, 7) is 5.86. The van der Waals surface area contributed by atoms with Crippen LogP contribution < -0.4 is 0 Å². The van der Waals surface area contributed by atoms with Gasteiger partial charge in [0.15, 0.2) is 0 Å². The largest absolute Gasteiger partial charge is 0.299 e. The quantitative estimate of drug-likeness (QED) is 0.216. The molecule has 0 radical (unpaired) electrons. The van der Waals surface area contributed by atoms with E-state index < -0.39 is 6.04 Å². The van der Waals surface area contributed by atoms with Crippen LogP contribution in [-0.2, 0) is 4.79 Å². The van der Waals surface area contributed by atoms with Gasteiger partial charge in [-0.15, -0.1) is 0 Å². The van der Waals surface area contributed by atoms with Crippen molar-refractivity contribution in [1.82, 2.24) is 5.23 Å². The van der Waals surface area contributed by atoms with E-state index in [9.17, 15) is 4.79 Å². The summed E-state index contributed by atoms with van der Waals surface area (Å²) in [5, 5.41) is 18.4. The van der Waals surface area contributed by atoms with Crippen LogP contribution in [0, 0.1) is 5.92 Å². The normalized spacial score (nSPS) is 14.0. The molecule has 0 amide bonds. The second kappa shape index (κ2) is 17.0. The third kappa shape index (κ3) is 13.4. The van der Waals surface area contributed by atoms with Gasteiger partial charge in [-0.05, 0) is 19.8 Å². The summed E-state index contributed by atoms with van der Waals surface area (Å²) >= 11 is 0. The van der Waals surface area contributed by atoms with Gasteiger partial charge in [-0.1, -0.05) is 96.1 Å². The maximum absolute atomic E-state index is 12.2. The molecule has 0 aromatic carbocycles. The van der Waals surface area contributed by atoms with Crippen LogP contribution in [0.5, 0.6) is 0 Å². The van der Waals surface area contributed by atoms with E-state index in [4.69, 9.17) is 10.4 Å². The molecule has 2 atom stereocenters. The van der Waals surface area contributed by atoms with Crippen LogP contribution in [0.25, 0.3) is 0 Å². The Morgan fingerprint density at radius 3 is 1.52 bits per heavy atom. The second-order valence-electron chi connectivity index (χ2n) is 7.53. The fraction of sp³-hybridized carbons (Fsp3) is 0.952. The Labute approximate surface area is 155 Å². The van der Waals surface area contributed by atoms with Gasteiger partial charge in [-0.3, -0.25) is 15.2 Å². The average molecular weight is 358 g/mol. The standard InChI is InChI=1S/C21H43NO3/c1-4-6-7-8-9-10-11-12-13-14-15-16-17-18-21(23)20(5-2)19(3)22(24)25/h19-20,24-25H,4-18H2,1-3H3. The van der Waals surface area contributed by atoms with Crippen molar-refractivity contribution in [2.75, 3.05) is 0 Å². The number of hydrogen-bond acceptors (Lipinski definition) is 4. The summed E-state index contributed by atoms with van der Waals surface area (Å²) < 4.78 is 0. The lowest BCUT2D eigenvalue weighted by atomic mass is 9.90. The molecule has 0 aromatic rings. The fourth-order valence-corrected chi connectivity index (χ4v) is 3.50. The second-order valence-corrected chi connectivity index (χ2v) is 7.53. The van der Waals surface area contributed by atoms with Crippen LogP contribution in [0.15, 0.2) is 0 Å². The van der Waals surface area contributed by atoms with E-state index in [1.807, 2.05) is 6.92 Å². The first kappa shape index (κ1) is 24.6. The molecule has 0 saturated heterocycles. The molecule has 150 valence electrons. The first-order chi connectivity index (χ1) is 12.0. The van der Waals surface area contributed by atoms with Crippen molar-refractivity contribution >= 4 is 5.78 Å². The third-order valence-electron chi connectivity index (χ3n) is 5.33. The van der Waals surface area contributed by atoms with Gasteiger partial charge in [0.2, 0.25) is 0 Å². The van der Waals surface area contributed by atoms with Gasteiger partial charge in [0.05, 0.1) is 6.04 Å².